The topological polar surface area (TPSA) is 44.8 Å². The Kier molecular flexibility index (Phi) is 6.29. The summed E-state index contributed by atoms with van der Waals surface area (Å²) in [6.45, 7) is 2.40. The first-order valence-electron chi connectivity index (χ1n) is 5.54. The lowest BCUT2D eigenvalue weighted by atomic mass is 10.2. The fourth-order valence-corrected chi connectivity index (χ4v) is 1.35. The highest BCUT2D eigenvalue weighted by Gasteiger charge is 2.09. The number of rotatable bonds is 7. The Labute approximate surface area is 101 Å². The summed E-state index contributed by atoms with van der Waals surface area (Å²) in [5.74, 6) is -0.347. The molecule has 1 unspecified atom stereocenters. The van der Waals surface area contributed by atoms with Crippen molar-refractivity contribution in [2.75, 3.05) is 13.7 Å². The molecule has 0 radical (unpaired) electrons. The molecule has 4 heteroatoms. The molecule has 0 N–H and O–H groups in total. The monoisotopic (exact) mass is 238 g/mol. The van der Waals surface area contributed by atoms with Gasteiger partial charge in [0.05, 0.1) is 13.2 Å². The van der Waals surface area contributed by atoms with Crippen molar-refractivity contribution in [2.24, 2.45) is 0 Å². The number of esters is 1. The summed E-state index contributed by atoms with van der Waals surface area (Å²) in [5.41, 5.74) is 1.12. The van der Waals surface area contributed by atoms with E-state index in [2.05, 4.69) is 0 Å². The molecule has 0 aliphatic rings. The molecule has 1 aromatic rings. The summed E-state index contributed by atoms with van der Waals surface area (Å²) in [4.78, 5) is 10.7. The van der Waals surface area contributed by atoms with Gasteiger partial charge in [-0.3, -0.25) is 4.79 Å². The summed E-state index contributed by atoms with van der Waals surface area (Å²) in [5, 5.41) is 0. The molecule has 0 saturated heterocycles. The summed E-state index contributed by atoms with van der Waals surface area (Å²) < 4.78 is 15.4. The zero-order valence-corrected chi connectivity index (χ0v) is 10.2. The number of ether oxygens (including phenoxy) is 3. The van der Waals surface area contributed by atoms with Gasteiger partial charge in [-0.05, 0) is 5.56 Å². The SMILES string of the molecule is COC(CCOCc1ccccc1)OC(C)=O. The lowest BCUT2D eigenvalue weighted by Crippen LogP contribution is -2.20. The second-order valence-electron chi connectivity index (χ2n) is 3.60. The number of methoxy groups -OCH3 is 1. The maximum Gasteiger partial charge on any atom is 0.304 e. The van der Waals surface area contributed by atoms with E-state index < -0.39 is 6.29 Å². The molecule has 4 nitrogen and oxygen atoms in total. The third kappa shape index (κ3) is 6.04. The lowest BCUT2D eigenvalue weighted by molar-refractivity contribution is -0.174. The zero-order valence-electron chi connectivity index (χ0n) is 10.2. The van der Waals surface area contributed by atoms with E-state index in [1.165, 1.54) is 14.0 Å². The van der Waals surface area contributed by atoms with Crippen LogP contribution in [0, 0.1) is 0 Å². The molecule has 0 spiro atoms. The highest BCUT2D eigenvalue weighted by Crippen LogP contribution is 2.04. The molecular weight excluding hydrogens is 220 g/mol. The normalized spacial score (nSPS) is 12.1. The highest BCUT2D eigenvalue weighted by molar-refractivity contribution is 5.66. The number of hydrogen-bond donors (Lipinski definition) is 0. The molecule has 1 aromatic carbocycles. The van der Waals surface area contributed by atoms with Crippen LogP contribution < -0.4 is 0 Å². The number of carbonyl (C=O) groups is 1. The van der Waals surface area contributed by atoms with Crippen LogP contribution in [0.15, 0.2) is 30.3 Å². The predicted octanol–water partition coefficient (Wildman–Crippen LogP) is 2.13. The standard InChI is InChI=1S/C13H18O4/c1-11(14)17-13(15-2)8-9-16-10-12-6-4-3-5-7-12/h3-7,13H,8-10H2,1-2H3. The second kappa shape index (κ2) is 7.81. The van der Waals surface area contributed by atoms with Gasteiger partial charge < -0.3 is 14.2 Å². The molecule has 0 fully saturated rings. The van der Waals surface area contributed by atoms with Crippen molar-refractivity contribution in [3.05, 3.63) is 35.9 Å². The number of carbonyl (C=O) groups excluding carboxylic acids is 1. The maximum atomic E-state index is 10.7. The van der Waals surface area contributed by atoms with Gasteiger partial charge in [0.15, 0.2) is 0 Å². The third-order valence-electron chi connectivity index (χ3n) is 2.17. The van der Waals surface area contributed by atoms with Crippen LogP contribution in [-0.4, -0.2) is 26.0 Å². The van der Waals surface area contributed by atoms with Gasteiger partial charge in [0.1, 0.15) is 0 Å². The molecule has 1 rings (SSSR count). The molecule has 0 aromatic heterocycles. The van der Waals surface area contributed by atoms with Crippen LogP contribution in [0.5, 0.6) is 0 Å². The fourth-order valence-electron chi connectivity index (χ4n) is 1.35. The average molecular weight is 238 g/mol. The van der Waals surface area contributed by atoms with Gasteiger partial charge in [-0.2, -0.15) is 0 Å². The van der Waals surface area contributed by atoms with Crippen molar-refractivity contribution >= 4 is 5.97 Å². The molecule has 17 heavy (non-hydrogen) atoms. The van der Waals surface area contributed by atoms with Gasteiger partial charge in [-0.15, -0.1) is 0 Å². The zero-order chi connectivity index (χ0) is 12.5. The molecule has 0 aliphatic carbocycles. The van der Waals surface area contributed by atoms with Gasteiger partial charge in [0.25, 0.3) is 0 Å². The number of benzene rings is 1. The summed E-state index contributed by atoms with van der Waals surface area (Å²) >= 11 is 0. The van der Waals surface area contributed by atoms with Gasteiger partial charge >= 0.3 is 5.97 Å². The maximum absolute atomic E-state index is 10.7. The quantitative estimate of drug-likeness (QED) is 0.414. The largest absolute Gasteiger partial charge is 0.436 e. The predicted molar refractivity (Wildman–Crippen MR) is 63.3 cm³/mol. The van der Waals surface area contributed by atoms with E-state index in [0.717, 1.165) is 5.56 Å². The van der Waals surface area contributed by atoms with E-state index in [9.17, 15) is 4.79 Å². The Morgan fingerprint density at radius 1 is 1.29 bits per heavy atom. The Balaban J connectivity index is 2.16. The van der Waals surface area contributed by atoms with Gasteiger partial charge in [-0.25, -0.2) is 0 Å². The molecule has 0 heterocycles. The van der Waals surface area contributed by atoms with Crippen molar-refractivity contribution in [1.82, 2.24) is 0 Å². The minimum Gasteiger partial charge on any atom is -0.436 e. The van der Waals surface area contributed by atoms with E-state index in [4.69, 9.17) is 14.2 Å². The minimum absolute atomic E-state index is 0.347. The Morgan fingerprint density at radius 2 is 2.00 bits per heavy atom. The van der Waals surface area contributed by atoms with Crippen molar-refractivity contribution in [3.8, 4) is 0 Å². The van der Waals surface area contributed by atoms with Crippen molar-refractivity contribution in [3.63, 3.8) is 0 Å². The van der Waals surface area contributed by atoms with Crippen molar-refractivity contribution < 1.29 is 19.0 Å². The van der Waals surface area contributed by atoms with E-state index in [1.54, 1.807) is 0 Å². The first-order chi connectivity index (χ1) is 8.22. The Morgan fingerprint density at radius 3 is 2.59 bits per heavy atom. The molecule has 0 aliphatic heterocycles. The first-order valence-corrected chi connectivity index (χ1v) is 5.54. The van der Waals surface area contributed by atoms with E-state index in [1.807, 2.05) is 30.3 Å². The van der Waals surface area contributed by atoms with Crippen molar-refractivity contribution in [2.45, 2.75) is 26.2 Å². The molecular formula is C13H18O4. The van der Waals surface area contributed by atoms with Gasteiger partial charge in [-0.1, -0.05) is 30.3 Å². The van der Waals surface area contributed by atoms with Crippen LogP contribution in [0.4, 0.5) is 0 Å². The second-order valence-corrected chi connectivity index (χ2v) is 3.60. The Bertz CT molecular complexity index is 323. The molecule has 0 amide bonds. The van der Waals surface area contributed by atoms with E-state index >= 15 is 0 Å². The van der Waals surface area contributed by atoms with Crippen LogP contribution in [0.3, 0.4) is 0 Å². The van der Waals surface area contributed by atoms with Gasteiger partial charge in [0, 0.05) is 20.5 Å². The van der Waals surface area contributed by atoms with Crippen LogP contribution in [0.2, 0.25) is 0 Å². The molecule has 0 bridgehead atoms. The summed E-state index contributed by atoms with van der Waals surface area (Å²) in [6.07, 6.45) is 0.00592. The van der Waals surface area contributed by atoms with Crippen molar-refractivity contribution in [1.29, 1.82) is 0 Å². The molecule has 0 saturated carbocycles. The van der Waals surface area contributed by atoms with Crippen LogP contribution >= 0.6 is 0 Å². The molecule has 94 valence electrons. The highest BCUT2D eigenvalue weighted by atomic mass is 16.7. The molecule has 1 atom stereocenters. The van der Waals surface area contributed by atoms with Crippen LogP contribution in [-0.2, 0) is 25.6 Å². The number of hydrogen-bond acceptors (Lipinski definition) is 4. The summed E-state index contributed by atoms with van der Waals surface area (Å²) in [6, 6.07) is 9.90. The van der Waals surface area contributed by atoms with E-state index in [-0.39, 0.29) is 5.97 Å². The fraction of sp³-hybridized carbons (Fsp3) is 0.462. The lowest BCUT2D eigenvalue weighted by Gasteiger charge is -2.14. The third-order valence-corrected chi connectivity index (χ3v) is 2.17. The smallest absolute Gasteiger partial charge is 0.304 e. The summed E-state index contributed by atoms with van der Waals surface area (Å²) in [7, 11) is 1.50. The Hall–Kier alpha value is -1.39. The first kappa shape index (κ1) is 13.7. The van der Waals surface area contributed by atoms with Crippen LogP contribution in [0.25, 0.3) is 0 Å². The van der Waals surface area contributed by atoms with E-state index in [0.29, 0.717) is 19.6 Å². The van der Waals surface area contributed by atoms with Crippen LogP contribution in [0.1, 0.15) is 18.9 Å². The minimum atomic E-state index is -0.525. The van der Waals surface area contributed by atoms with Gasteiger partial charge in [0.2, 0.25) is 6.29 Å². The average Bonchev–Trinajstić information content (AvgIpc) is 2.34.